The SMILES string of the molecule is CCc1noc(-c2nn(C)c3c2CN(C(=O)CCC2CCCC2)C3)n1. The lowest BCUT2D eigenvalue weighted by atomic mass is 10.0. The molecule has 0 aromatic carbocycles. The van der Waals surface area contributed by atoms with Crippen LogP contribution in [0.1, 0.15) is 62.5 Å². The molecule has 134 valence electrons. The van der Waals surface area contributed by atoms with E-state index in [9.17, 15) is 4.79 Å². The smallest absolute Gasteiger partial charge is 0.278 e. The maximum absolute atomic E-state index is 12.6. The van der Waals surface area contributed by atoms with E-state index in [2.05, 4.69) is 15.2 Å². The summed E-state index contributed by atoms with van der Waals surface area (Å²) in [6.45, 7) is 3.20. The Labute approximate surface area is 147 Å². The van der Waals surface area contributed by atoms with E-state index in [0.29, 0.717) is 31.2 Å². The molecular formula is C18H25N5O2. The number of hydrogen-bond acceptors (Lipinski definition) is 5. The maximum atomic E-state index is 12.6. The van der Waals surface area contributed by atoms with Gasteiger partial charge >= 0.3 is 0 Å². The standard InChI is InChI=1S/C18H25N5O2/c1-3-15-19-18(25-21-15)17-13-10-23(11-14(13)22(2)20-17)16(24)9-8-12-6-4-5-7-12/h12H,3-11H2,1-2H3. The van der Waals surface area contributed by atoms with Gasteiger partial charge in [0, 0.05) is 25.5 Å². The lowest BCUT2D eigenvalue weighted by molar-refractivity contribution is -0.132. The van der Waals surface area contributed by atoms with Crippen molar-refractivity contribution in [3.63, 3.8) is 0 Å². The zero-order valence-corrected chi connectivity index (χ0v) is 15.0. The van der Waals surface area contributed by atoms with Gasteiger partial charge in [-0.2, -0.15) is 10.1 Å². The van der Waals surface area contributed by atoms with Crippen molar-refractivity contribution in [1.82, 2.24) is 24.8 Å². The minimum Gasteiger partial charge on any atom is -0.332 e. The molecule has 0 atom stereocenters. The Balaban J connectivity index is 1.46. The molecule has 0 radical (unpaired) electrons. The highest BCUT2D eigenvalue weighted by Crippen LogP contribution is 2.33. The number of hydrogen-bond donors (Lipinski definition) is 0. The van der Waals surface area contributed by atoms with Crippen LogP contribution in [-0.4, -0.2) is 30.7 Å². The Morgan fingerprint density at radius 2 is 2.08 bits per heavy atom. The largest absolute Gasteiger partial charge is 0.332 e. The monoisotopic (exact) mass is 343 g/mol. The normalized spacial score (nSPS) is 17.4. The van der Waals surface area contributed by atoms with Gasteiger partial charge in [-0.3, -0.25) is 9.48 Å². The van der Waals surface area contributed by atoms with Gasteiger partial charge in [0.25, 0.3) is 5.89 Å². The first-order chi connectivity index (χ1) is 12.2. The second-order valence-electron chi connectivity index (χ2n) is 7.21. The number of rotatable bonds is 5. The van der Waals surface area contributed by atoms with Gasteiger partial charge in [-0.25, -0.2) is 0 Å². The Hall–Kier alpha value is -2.18. The lowest BCUT2D eigenvalue weighted by Gasteiger charge is -2.17. The van der Waals surface area contributed by atoms with E-state index in [0.717, 1.165) is 35.7 Å². The van der Waals surface area contributed by atoms with Crippen molar-refractivity contribution in [3.05, 3.63) is 17.1 Å². The van der Waals surface area contributed by atoms with Crippen LogP contribution in [0.25, 0.3) is 11.6 Å². The second kappa shape index (κ2) is 6.61. The summed E-state index contributed by atoms with van der Waals surface area (Å²) in [6.07, 6.45) is 7.64. The van der Waals surface area contributed by atoms with Gasteiger partial charge in [0.1, 0.15) is 0 Å². The van der Waals surface area contributed by atoms with Crippen LogP contribution >= 0.6 is 0 Å². The number of aryl methyl sites for hydroxylation is 2. The molecule has 1 amide bonds. The number of nitrogens with zero attached hydrogens (tertiary/aromatic N) is 5. The van der Waals surface area contributed by atoms with E-state index >= 15 is 0 Å². The third kappa shape index (κ3) is 3.07. The Bertz CT molecular complexity index is 773. The fourth-order valence-electron chi connectivity index (χ4n) is 4.02. The number of aromatic nitrogens is 4. The van der Waals surface area contributed by atoms with Crippen LogP contribution in [0.15, 0.2) is 4.52 Å². The number of carbonyl (C=O) groups is 1. The summed E-state index contributed by atoms with van der Waals surface area (Å²) in [6, 6.07) is 0. The van der Waals surface area contributed by atoms with E-state index in [-0.39, 0.29) is 5.91 Å². The van der Waals surface area contributed by atoms with Crippen LogP contribution in [0.3, 0.4) is 0 Å². The first kappa shape index (κ1) is 16.3. The molecule has 1 aliphatic carbocycles. The summed E-state index contributed by atoms with van der Waals surface area (Å²) >= 11 is 0. The molecule has 2 aliphatic rings. The molecule has 0 bridgehead atoms. The molecule has 2 aromatic rings. The van der Waals surface area contributed by atoms with Crippen LogP contribution in [0.2, 0.25) is 0 Å². The third-order valence-electron chi connectivity index (χ3n) is 5.55. The predicted octanol–water partition coefficient (Wildman–Crippen LogP) is 2.85. The van der Waals surface area contributed by atoms with E-state index < -0.39 is 0 Å². The number of carbonyl (C=O) groups excluding carboxylic acids is 1. The maximum Gasteiger partial charge on any atom is 0.278 e. The molecule has 1 aliphatic heterocycles. The molecule has 25 heavy (non-hydrogen) atoms. The van der Waals surface area contributed by atoms with Crippen LogP contribution in [0.4, 0.5) is 0 Å². The van der Waals surface area contributed by atoms with Crippen LogP contribution in [0, 0.1) is 5.92 Å². The summed E-state index contributed by atoms with van der Waals surface area (Å²) in [7, 11) is 1.91. The number of amides is 1. The van der Waals surface area contributed by atoms with Crippen molar-refractivity contribution in [2.24, 2.45) is 13.0 Å². The highest BCUT2D eigenvalue weighted by Gasteiger charge is 2.32. The van der Waals surface area contributed by atoms with Gasteiger partial charge in [-0.05, 0) is 12.3 Å². The summed E-state index contributed by atoms with van der Waals surface area (Å²) in [4.78, 5) is 18.9. The van der Waals surface area contributed by atoms with Crippen molar-refractivity contribution < 1.29 is 9.32 Å². The highest BCUT2D eigenvalue weighted by molar-refractivity contribution is 5.77. The van der Waals surface area contributed by atoms with E-state index in [1.807, 2.05) is 23.6 Å². The van der Waals surface area contributed by atoms with Crippen molar-refractivity contribution >= 4 is 5.91 Å². The van der Waals surface area contributed by atoms with Crippen LogP contribution in [-0.2, 0) is 31.4 Å². The summed E-state index contributed by atoms with van der Waals surface area (Å²) < 4.78 is 7.19. The Morgan fingerprint density at radius 3 is 2.80 bits per heavy atom. The molecule has 0 unspecified atom stereocenters. The molecule has 1 saturated carbocycles. The Morgan fingerprint density at radius 1 is 1.28 bits per heavy atom. The quantitative estimate of drug-likeness (QED) is 0.834. The van der Waals surface area contributed by atoms with Crippen molar-refractivity contribution in [2.45, 2.75) is 65.0 Å². The topological polar surface area (TPSA) is 77.0 Å². The van der Waals surface area contributed by atoms with Gasteiger partial charge in [0.2, 0.25) is 5.91 Å². The zero-order valence-electron chi connectivity index (χ0n) is 15.0. The van der Waals surface area contributed by atoms with Crippen molar-refractivity contribution in [3.8, 4) is 11.6 Å². The minimum absolute atomic E-state index is 0.244. The van der Waals surface area contributed by atoms with Crippen molar-refractivity contribution in [2.75, 3.05) is 0 Å². The molecule has 0 saturated heterocycles. The van der Waals surface area contributed by atoms with Gasteiger partial charge in [0.05, 0.1) is 18.8 Å². The number of fused-ring (bicyclic) bond motifs is 1. The molecule has 4 rings (SSSR count). The first-order valence-electron chi connectivity index (χ1n) is 9.31. The molecule has 7 nitrogen and oxygen atoms in total. The Kier molecular flexibility index (Phi) is 4.31. The predicted molar refractivity (Wildman–Crippen MR) is 91.3 cm³/mol. The van der Waals surface area contributed by atoms with Crippen molar-refractivity contribution in [1.29, 1.82) is 0 Å². The minimum atomic E-state index is 0.244. The molecule has 3 heterocycles. The first-order valence-corrected chi connectivity index (χ1v) is 9.31. The van der Waals surface area contributed by atoms with Gasteiger partial charge in [-0.15, -0.1) is 0 Å². The fraction of sp³-hybridized carbons (Fsp3) is 0.667. The summed E-state index contributed by atoms with van der Waals surface area (Å²) in [5.74, 6) is 2.12. The van der Waals surface area contributed by atoms with E-state index in [1.165, 1.54) is 25.7 Å². The molecule has 2 aromatic heterocycles. The van der Waals surface area contributed by atoms with Gasteiger partial charge in [0.15, 0.2) is 11.5 Å². The molecule has 0 spiro atoms. The second-order valence-corrected chi connectivity index (χ2v) is 7.21. The van der Waals surface area contributed by atoms with Crippen LogP contribution in [0.5, 0.6) is 0 Å². The molecular weight excluding hydrogens is 318 g/mol. The fourth-order valence-corrected chi connectivity index (χ4v) is 4.02. The van der Waals surface area contributed by atoms with E-state index in [4.69, 9.17) is 4.52 Å². The third-order valence-corrected chi connectivity index (χ3v) is 5.55. The van der Waals surface area contributed by atoms with E-state index in [1.54, 1.807) is 0 Å². The average Bonchev–Trinajstić information content (AvgIpc) is 3.38. The van der Waals surface area contributed by atoms with Crippen LogP contribution < -0.4 is 0 Å². The average molecular weight is 343 g/mol. The highest BCUT2D eigenvalue weighted by atomic mass is 16.5. The van der Waals surface area contributed by atoms with Gasteiger partial charge in [-0.1, -0.05) is 37.8 Å². The molecule has 0 N–H and O–H groups in total. The molecule has 1 fully saturated rings. The van der Waals surface area contributed by atoms with Gasteiger partial charge < -0.3 is 9.42 Å². The lowest BCUT2D eigenvalue weighted by Crippen LogP contribution is -2.26. The summed E-state index contributed by atoms with van der Waals surface area (Å²) in [5.41, 5.74) is 2.83. The summed E-state index contributed by atoms with van der Waals surface area (Å²) in [5, 5.41) is 8.49. The zero-order chi connectivity index (χ0) is 17.4. The molecule has 7 heteroatoms.